The van der Waals surface area contributed by atoms with E-state index in [-0.39, 0.29) is 30.9 Å². The minimum absolute atomic E-state index is 0.0601. The van der Waals surface area contributed by atoms with Crippen LogP contribution < -0.4 is 0 Å². The summed E-state index contributed by atoms with van der Waals surface area (Å²) in [6.45, 7) is 0.900. The Morgan fingerprint density at radius 3 is 2.52 bits per heavy atom. The molecule has 2 heterocycles. The number of carbonyl (C=O) groups is 1. The Kier molecular flexibility index (Phi) is 6.37. The molecule has 154 valence electrons. The molecular formula is C18H17ClN2O6S2. The Bertz CT molecular complexity index is 1090. The van der Waals surface area contributed by atoms with Crippen molar-refractivity contribution in [3.63, 3.8) is 0 Å². The third-order valence-electron chi connectivity index (χ3n) is 4.46. The van der Waals surface area contributed by atoms with Crippen molar-refractivity contribution >= 4 is 56.3 Å². The number of nitrogens with zero attached hydrogens (tertiary/aromatic N) is 2. The van der Waals surface area contributed by atoms with Crippen molar-refractivity contribution < 1.29 is 23.2 Å². The molecule has 29 heavy (non-hydrogen) atoms. The van der Waals surface area contributed by atoms with Gasteiger partial charge in [-0.15, -0.1) is 11.3 Å². The van der Waals surface area contributed by atoms with Gasteiger partial charge in [0.2, 0.25) is 0 Å². The molecule has 0 amide bonds. The van der Waals surface area contributed by atoms with E-state index in [9.17, 15) is 28.4 Å². The van der Waals surface area contributed by atoms with E-state index in [1.807, 2.05) is 0 Å². The second-order valence-electron chi connectivity index (χ2n) is 6.41. The summed E-state index contributed by atoms with van der Waals surface area (Å²) >= 11 is 6.65. The maximum Gasteiger partial charge on any atom is 0.337 e. The number of hydrogen-bond donors (Lipinski definition) is 1. The quantitative estimate of drug-likeness (QED) is 0.397. The van der Waals surface area contributed by atoms with Crippen LogP contribution in [0.15, 0.2) is 34.5 Å². The van der Waals surface area contributed by atoms with E-state index in [4.69, 9.17) is 11.6 Å². The first-order chi connectivity index (χ1) is 13.7. The van der Waals surface area contributed by atoms with E-state index in [1.54, 1.807) is 0 Å². The van der Waals surface area contributed by atoms with Crippen molar-refractivity contribution in [1.82, 2.24) is 4.31 Å². The summed E-state index contributed by atoms with van der Waals surface area (Å²) in [5, 5.41) is 20.6. The summed E-state index contributed by atoms with van der Waals surface area (Å²) < 4.78 is 27.1. The van der Waals surface area contributed by atoms with Crippen molar-refractivity contribution in [3.05, 3.63) is 55.9 Å². The molecule has 1 N–H and O–H groups in total. The topological polar surface area (TPSA) is 118 Å². The van der Waals surface area contributed by atoms with Gasteiger partial charge in [-0.1, -0.05) is 24.1 Å². The molecule has 0 radical (unpaired) electrons. The number of carboxylic acid groups (broad SMARTS) is 1. The predicted molar refractivity (Wildman–Crippen MR) is 111 cm³/mol. The van der Waals surface area contributed by atoms with Crippen LogP contribution in [-0.4, -0.2) is 41.8 Å². The lowest BCUT2D eigenvalue weighted by Gasteiger charge is -2.25. The minimum Gasteiger partial charge on any atom is -0.478 e. The van der Waals surface area contributed by atoms with Gasteiger partial charge in [-0.25, -0.2) is 13.2 Å². The van der Waals surface area contributed by atoms with Crippen LogP contribution in [0.4, 0.5) is 5.69 Å². The molecule has 1 aromatic carbocycles. The highest BCUT2D eigenvalue weighted by molar-refractivity contribution is 7.91. The van der Waals surface area contributed by atoms with Crippen LogP contribution >= 0.6 is 22.9 Å². The fourth-order valence-corrected chi connectivity index (χ4v) is 6.17. The Balaban J connectivity index is 1.97. The van der Waals surface area contributed by atoms with Crippen molar-refractivity contribution in [2.45, 2.75) is 23.5 Å². The van der Waals surface area contributed by atoms with Crippen LogP contribution in [0.1, 0.15) is 29.7 Å². The van der Waals surface area contributed by atoms with Crippen molar-refractivity contribution in [3.8, 4) is 0 Å². The number of benzene rings is 1. The summed E-state index contributed by atoms with van der Waals surface area (Å²) in [5.41, 5.74) is -0.233. The largest absolute Gasteiger partial charge is 0.478 e. The molecule has 0 bridgehead atoms. The number of hydrogen-bond acceptors (Lipinski definition) is 6. The zero-order valence-electron chi connectivity index (χ0n) is 15.1. The van der Waals surface area contributed by atoms with Crippen LogP contribution in [0.5, 0.6) is 0 Å². The van der Waals surface area contributed by atoms with E-state index in [0.29, 0.717) is 13.1 Å². The van der Waals surface area contributed by atoms with Gasteiger partial charge in [0.15, 0.2) is 0 Å². The molecule has 0 saturated carbocycles. The second-order valence-corrected chi connectivity index (χ2v) is 10.1. The number of piperidine rings is 1. The fourth-order valence-electron chi connectivity index (χ4n) is 3.00. The monoisotopic (exact) mass is 456 g/mol. The molecule has 1 aromatic heterocycles. The Hall–Kier alpha value is -2.27. The van der Waals surface area contributed by atoms with Crippen LogP contribution in [0.3, 0.4) is 0 Å². The van der Waals surface area contributed by atoms with Gasteiger partial charge in [-0.3, -0.25) is 10.1 Å². The molecule has 1 aliphatic rings. The number of halogens is 1. The van der Waals surface area contributed by atoms with E-state index >= 15 is 0 Å². The molecule has 1 saturated heterocycles. The minimum atomic E-state index is -3.67. The summed E-state index contributed by atoms with van der Waals surface area (Å²) in [6, 6.07) is 6.77. The molecule has 2 aromatic rings. The highest BCUT2D eigenvalue weighted by Gasteiger charge is 2.28. The number of thiophene rings is 1. The normalized spacial score (nSPS) is 16.0. The van der Waals surface area contributed by atoms with Crippen molar-refractivity contribution in [2.24, 2.45) is 0 Å². The maximum absolute atomic E-state index is 12.8. The van der Waals surface area contributed by atoms with E-state index in [0.717, 1.165) is 30.6 Å². The summed E-state index contributed by atoms with van der Waals surface area (Å²) in [5.74, 6) is -1.27. The molecule has 8 nitrogen and oxygen atoms in total. The van der Waals surface area contributed by atoms with E-state index in [1.165, 1.54) is 40.7 Å². The first-order valence-electron chi connectivity index (χ1n) is 8.69. The fraction of sp³-hybridized carbons (Fsp3) is 0.278. The van der Waals surface area contributed by atoms with Crippen LogP contribution in [0.2, 0.25) is 5.02 Å². The summed E-state index contributed by atoms with van der Waals surface area (Å²) in [6.07, 6.45) is 3.84. The average Bonchev–Trinajstić information content (AvgIpc) is 3.18. The zero-order chi connectivity index (χ0) is 21.2. The number of sulfonamides is 1. The lowest BCUT2D eigenvalue weighted by atomic mass is 10.1. The van der Waals surface area contributed by atoms with Gasteiger partial charge < -0.3 is 5.11 Å². The van der Waals surface area contributed by atoms with Gasteiger partial charge in [0.25, 0.3) is 15.7 Å². The molecule has 11 heteroatoms. The smallest absolute Gasteiger partial charge is 0.337 e. The molecule has 0 unspecified atom stereocenters. The number of carboxylic acids is 1. The van der Waals surface area contributed by atoms with Crippen LogP contribution in [0, 0.1) is 10.1 Å². The first kappa shape index (κ1) is 21.4. The van der Waals surface area contributed by atoms with Gasteiger partial charge in [0.05, 0.1) is 10.5 Å². The highest BCUT2D eigenvalue weighted by Crippen LogP contribution is 2.33. The lowest BCUT2D eigenvalue weighted by molar-refractivity contribution is -0.384. The summed E-state index contributed by atoms with van der Waals surface area (Å²) in [4.78, 5) is 22.4. The second kappa shape index (κ2) is 8.62. The Morgan fingerprint density at radius 1 is 1.21 bits per heavy atom. The number of rotatable bonds is 6. The molecular weight excluding hydrogens is 440 g/mol. The average molecular weight is 457 g/mol. The molecule has 3 rings (SSSR count). The standard InChI is InChI=1S/C18H17ClN2O6S2/c19-14-5-4-12(11-15(14)21(24)25)10-13(18(22)23)16-6-7-17(28-16)29(26,27)20-8-2-1-3-9-20/h4-7,10-11H,1-3,8-9H2,(H,22,23). The van der Waals surface area contributed by atoms with E-state index in [2.05, 4.69) is 0 Å². The summed E-state index contributed by atoms with van der Waals surface area (Å²) in [7, 11) is -3.67. The predicted octanol–water partition coefficient (Wildman–Crippen LogP) is 4.11. The van der Waals surface area contributed by atoms with Crippen LogP contribution in [-0.2, 0) is 14.8 Å². The molecule has 1 fully saturated rings. The third-order valence-corrected chi connectivity index (χ3v) is 8.27. The molecule has 0 atom stereocenters. The SMILES string of the molecule is O=C(O)C(=Cc1ccc(Cl)c([N+](=O)[O-])c1)c1ccc(S(=O)(=O)N2CCCCC2)s1. The van der Waals surface area contributed by atoms with Gasteiger partial charge in [0, 0.05) is 24.0 Å². The zero-order valence-corrected chi connectivity index (χ0v) is 17.5. The van der Waals surface area contributed by atoms with Gasteiger partial charge in [-0.05, 0) is 42.7 Å². The Labute approximate surface area is 176 Å². The maximum atomic E-state index is 12.8. The first-order valence-corrected chi connectivity index (χ1v) is 11.3. The molecule has 0 spiro atoms. The number of nitro benzene ring substituents is 1. The number of aliphatic carboxylic acids is 1. The van der Waals surface area contributed by atoms with E-state index < -0.39 is 20.9 Å². The highest BCUT2D eigenvalue weighted by atomic mass is 35.5. The van der Waals surface area contributed by atoms with Crippen LogP contribution in [0.25, 0.3) is 11.6 Å². The number of nitro groups is 1. The van der Waals surface area contributed by atoms with Gasteiger partial charge in [0.1, 0.15) is 9.23 Å². The van der Waals surface area contributed by atoms with Gasteiger partial charge >= 0.3 is 5.97 Å². The van der Waals surface area contributed by atoms with Crippen molar-refractivity contribution in [1.29, 1.82) is 0 Å². The third kappa shape index (κ3) is 4.67. The Morgan fingerprint density at radius 2 is 1.90 bits per heavy atom. The lowest BCUT2D eigenvalue weighted by Crippen LogP contribution is -2.35. The molecule has 0 aliphatic carbocycles. The van der Waals surface area contributed by atoms with Gasteiger partial charge in [-0.2, -0.15) is 4.31 Å². The van der Waals surface area contributed by atoms with Crippen molar-refractivity contribution in [2.75, 3.05) is 13.1 Å². The molecule has 1 aliphatic heterocycles.